The lowest BCUT2D eigenvalue weighted by Gasteiger charge is -2.11. The Labute approximate surface area is 190 Å². The summed E-state index contributed by atoms with van der Waals surface area (Å²) in [5.41, 5.74) is 2.34. The lowest BCUT2D eigenvalue weighted by molar-refractivity contribution is -0.116. The first-order valence-corrected chi connectivity index (χ1v) is 11.1. The van der Waals surface area contributed by atoms with E-state index in [-0.39, 0.29) is 29.8 Å². The predicted octanol–water partition coefficient (Wildman–Crippen LogP) is 4.08. The number of thioether (sulfide) groups is 1. The van der Waals surface area contributed by atoms with E-state index in [0.717, 1.165) is 17.7 Å². The maximum absolute atomic E-state index is 13.0. The van der Waals surface area contributed by atoms with Gasteiger partial charge in [0.2, 0.25) is 11.8 Å². The Balaban J connectivity index is 1.62. The Kier molecular flexibility index (Phi) is 8.15. The molecule has 32 heavy (non-hydrogen) atoms. The highest BCUT2D eigenvalue weighted by atomic mass is 32.2. The third kappa shape index (κ3) is 6.27. The lowest BCUT2D eigenvalue weighted by atomic mass is 10.1. The number of allylic oxidation sites excluding steroid dienone is 1. The van der Waals surface area contributed by atoms with E-state index in [4.69, 9.17) is 0 Å². The van der Waals surface area contributed by atoms with Gasteiger partial charge in [0.1, 0.15) is 11.6 Å². The molecule has 3 rings (SSSR count). The van der Waals surface area contributed by atoms with E-state index < -0.39 is 0 Å². The molecule has 2 amide bonds. The largest absolute Gasteiger partial charge is 0.325 e. The molecular weight excluding hydrogens is 429 g/mol. The molecule has 2 N–H and O–H groups in total. The van der Waals surface area contributed by atoms with E-state index in [1.165, 1.54) is 36.0 Å². The Morgan fingerprint density at radius 2 is 1.84 bits per heavy atom. The van der Waals surface area contributed by atoms with Gasteiger partial charge in [-0.3, -0.25) is 9.59 Å². The number of benzene rings is 2. The Morgan fingerprint density at radius 3 is 2.56 bits per heavy atom. The maximum atomic E-state index is 13.0. The van der Waals surface area contributed by atoms with Gasteiger partial charge in [-0.2, -0.15) is 0 Å². The van der Waals surface area contributed by atoms with Gasteiger partial charge in [-0.1, -0.05) is 43.0 Å². The zero-order valence-corrected chi connectivity index (χ0v) is 18.5. The van der Waals surface area contributed by atoms with Crippen molar-refractivity contribution in [2.75, 3.05) is 16.4 Å². The number of aromatic nitrogens is 3. The highest BCUT2D eigenvalue weighted by molar-refractivity contribution is 7.99. The van der Waals surface area contributed by atoms with Gasteiger partial charge in [-0.05, 0) is 42.3 Å². The number of anilines is 2. The van der Waals surface area contributed by atoms with Crippen molar-refractivity contribution in [1.29, 1.82) is 0 Å². The highest BCUT2D eigenvalue weighted by Gasteiger charge is 2.17. The van der Waals surface area contributed by atoms with Gasteiger partial charge in [0, 0.05) is 17.9 Å². The molecule has 2 aromatic carbocycles. The van der Waals surface area contributed by atoms with Crippen LogP contribution in [-0.4, -0.2) is 32.3 Å². The first kappa shape index (κ1) is 23.2. The third-order valence-corrected chi connectivity index (χ3v) is 5.52. The van der Waals surface area contributed by atoms with Gasteiger partial charge in [0.15, 0.2) is 5.16 Å². The number of carbonyl (C=O) groups excluding carboxylic acids is 2. The van der Waals surface area contributed by atoms with Crippen LogP contribution < -0.4 is 10.6 Å². The molecule has 0 spiro atoms. The van der Waals surface area contributed by atoms with Gasteiger partial charge >= 0.3 is 0 Å². The summed E-state index contributed by atoms with van der Waals surface area (Å²) in [7, 11) is 0. The zero-order chi connectivity index (χ0) is 22.9. The molecule has 0 aliphatic rings. The molecule has 0 unspecified atom stereocenters. The summed E-state index contributed by atoms with van der Waals surface area (Å²) >= 11 is 1.20. The molecule has 7 nitrogen and oxygen atoms in total. The number of nitrogens with one attached hydrogen (secondary N) is 2. The van der Waals surface area contributed by atoms with Crippen molar-refractivity contribution in [2.45, 2.75) is 31.5 Å². The molecule has 166 valence electrons. The van der Waals surface area contributed by atoms with E-state index in [0.29, 0.717) is 23.2 Å². The second-order valence-corrected chi connectivity index (χ2v) is 7.82. The summed E-state index contributed by atoms with van der Waals surface area (Å²) in [6.07, 6.45) is 2.53. The molecule has 3 aromatic rings. The van der Waals surface area contributed by atoms with Crippen molar-refractivity contribution >= 4 is 35.0 Å². The fourth-order valence-electron chi connectivity index (χ4n) is 3.02. The minimum absolute atomic E-state index is 0.0429. The van der Waals surface area contributed by atoms with E-state index in [9.17, 15) is 14.0 Å². The molecule has 0 bridgehead atoms. The normalized spacial score (nSPS) is 10.6. The molecule has 1 heterocycles. The molecule has 9 heteroatoms. The van der Waals surface area contributed by atoms with Crippen LogP contribution in [0.4, 0.5) is 15.8 Å². The van der Waals surface area contributed by atoms with Crippen LogP contribution in [0.3, 0.4) is 0 Å². The van der Waals surface area contributed by atoms with Crippen molar-refractivity contribution in [2.24, 2.45) is 0 Å². The van der Waals surface area contributed by atoms with Crippen LogP contribution in [0.25, 0.3) is 0 Å². The quantitative estimate of drug-likeness (QED) is 0.357. The predicted molar refractivity (Wildman–Crippen MR) is 124 cm³/mol. The fraction of sp³-hybridized carbons (Fsp3) is 0.217. The second kappa shape index (κ2) is 11.2. The number of aryl methyl sites for hydroxylation is 1. The van der Waals surface area contributed by atoms with E-state index >= 15 is 0 Å². The Bertz CT molecular complexity index is 1100. The molecule has 1 aromatic heterocycles. The van der Waals surface area contributed by atoms with Gasteiger partial charge in [-0.15, -0.1) is 16.8 Å². The van der Waals surface area contributed by atoms with Crippen LogP contribution in [0.1, 0.15) is 18.3 Å². The molecular formula is C23H24FN5O2S. The lowest BCUT2D eigenvalue weighted by Crippen LogP contribution is -2.19. The Morgan fingerprint density at radius 1 is 1.09 bits per heavy atom. The molecule has 0 atom stereocenters. The zero-order valence-electron chi connectivity index (χ0n) is 17.7. The number of para-hydroxylation sites is 1. The van der Waals surface area contributed by atoms with Gasteiger partial charge < -0.3 is 15.2 Å². The van der Waals surface area contributed by atoms with E-state index in [2.05, 4.69) is 27.4 Å². The summed E-state index contributed by atoms with van der Waals surface area (Å²) in [6.45, 7) is 6.18. The number of carbonyl (C=O) groups is 2. The van der Waals surface area contributed by atoms with Gasteiger partial charge in [0.05, 0.1) is 12.2 Å². The number of amides is 2. The summed E-state index contributed by atoms with van der Waals surface area (Å²) in [5.74, 6) is -0.259. The number of hydrogen-bond donors (Lipinski definition) is 2. The molecule has 0 radical (unpaired) electrons. The van der Waals surface area contributed by atoms with E-state index in [1.54, 1.807) is 10.6 Å². The number of hydrogen-bond acceptors (Lipinski definition) is 5. The van der Waals surface area contributed by atoms with Crippen LogP contribution in [0, 0.1) is 5.82 Å². The number of nitrogens with zero attached hydrogens (tertiary/aromatic N) is 3. The van der Waals surface area contributed by atoms with Crippen LogP contribution in [0.5, 0.6) is 0 Å². The average Bonchev–Trinajstić information content (AvgIpc) is 3.15. The summed E-state index contributed by atoms with van der Waals surface area (Å²) in [5, 5.41) is 14.4. The topological polar surface area (TPSA) is 88.9 Å². The van der Waals surface area contributed by atoms with Crippen LogP contribution in [-0.2, 0) is 29.0 Å². The van der Waals surface area contributed by atoms with Crippen LogP contribution in [0.15, 0.2) is 66.3 Å². The van der Waals surface area contributed by atoms with Crippen molar-refractivity contribution < 1.29 is 14.0 Å². The molecule has 0 saturated carbocycles. The van der Waals surface area contributed by atoms with Gasteiger partial charge in [-0.25, -0.2) is 4.39 Å². The minimum Gasteiger partial charge on any atom is -0.325 e. The molecule has 0 aliphatic carbocycles. The van der Waals surface area contributed by atoms with Crippen molar-refractivity contribution in [3.8, 4) is 0 Å². The first-order chi connectivity index (χ1) is 15.5. The summed E-state index contributed by atoms with van der Waals surface area (Å²) in [4.78, 5) is 24.8. The van der Waals surface area contributed by atoms with Crippen LogP contribution in [0.2, 0.25) is 0 Å². The smallest absolute Gasteiger partial charge is 0.234 e. The number of rotatable bonds is 10. The third-order valence-electron chi connectivity index (χ3n) is 4.56. The van der Waals surface area contributed by atoms with E-state index in [1.807, 2.05) is 31.2 Å². The summed E-state index contributed by atoms with van der Waals surface area (Å²) < 4.78 is 14.7. The minimum atomic E-state index is -0.371. The SMILES string of the molecule is C=CCn1c(CC(=O)Nc2ccccc2CC)nnc1SCC(=O)Nc1ccc(F)cc1. The average molecular weight is 454 g/mol. The first-order valence-electron chi connectivity index (χ1n) is 10.1. The molecule has 0 fully saturated rings. The summed E-state index contributed by atoms with van der Waals surface area (Å²) in [6, 6.07) is 13.2. The maximum Gasteiger partial charge on any atom is 0.234 e. The van der Waals surface area contributed by atoms with Crippen molar-refractivity contribution in [3.05, 3.63) is 78.4 Å². The standard InChI is InChI=1S/C23H24FN5O2S/c1-3-13-29-20(14-21(30)26-19-8-6-5-7-16(19)4-2)27-28-23(29)32-15-22(31)25-18-11-9-17(24)10-12-18/h3,5-12H,1,4,13-15H2,2H3,(H,25,31)(H,26,30). The fourth-order valence-corrected chi connectivity index (χ4v) is 3.78. The highest BCUT2D eigenvalue weighted by Crippen LogP contribution is 2.20. The Hall–Kier alpha value is -3.46. The van der Waals surface area contributed by atoms with Gasteiger partial charge in [0.25, 0.3) is 0 Å². The van der Waals surface area contributed by atoms with Crippen molar-refractivity contribution in [1.82, 2.24) is 14.8 Å². The monoisotopic (exact) mass is 453 g/mol. The molecule has 0 aliphatic heterocycles. The molecule has 0 saturated heterocycles. The van der Waals surface area contributed by atoms with Crippen molar-refractivity contribution in [3.63, 3.8) is 0 Å². The number of halogens is 1. The second-order valence-electron chi connectivity index (χ2n) is 6.88. The van der Waals surface area contributed by atoms with Crippen LogP contribution >= 0.6 is 11.8 Å².